The SMILES string of the molecule is C=CCn1c(SCC(=O)Nc2sc(C(N)=O)c(C)c2C(=O)OCC)nnc1C(C)Oc1ccc(Cl)cc1C. The van der Waals surface area contributed by atoms with E-state index in [9.17, 15) is 14.4 Å². The number of halogens is 1. The highest BCUT2D eigenvalue weighted by Gasteiger charge is 2.26. The first-order valence-electron chi connectivity index (χ1n) is 11.6. The third-order valence-corrected chi connectivity index (χ3v) is 7.72. The van der Waals surface area contributed by atoms with Gasteiger partial charge in [0.05, 0.1) is 22.8 Å². The van der Waals surface area contributed by atoms with Crippen LogP contribution in [-0.2, 0) is 16.1 Å². The Labute approximate surface area is 233 Å². The summed E-state index contributed by atoms with van der Waals surface area (Å²) in [6.07, 6.45) is 1.25. The number of carbonyl (C=O) groups is 3. The highest BCUT2D eigenvalue weighted by Crippen LogP contribution is 2.34. The number of amides is 2. The maximum absolute atomic E-state index is 12.8. The van der Waals surface area contributed by atoms with Crippen LogP contribution in [0.15, 0.2) is 36.0 Å². The predicted molar refractivity (Wildman–Crippen MR) is 148 cm³/mol. The molecule has 2 amide bonds. The topological polar surface area (TPSA) is 138 Å². The van der Waals surface area contributed by atoms with Gasteiger partial charge in [-0.15, -0.1) is 28.1 Å². The number of carbonyl (C=O) groups excluding carboxylic acids is 3. The Morgan fingerprint density at radius 3 is 2.68 bits per heavy atom. The quantitative estimate of drug-likeness (QED) is 0.175. The minimum Gasteiger partial charge on any atom is -0.482 e. The first-order valence-corrected chi connectivity index (χ1v) is 13.7. The fourth-order valence-electron chi connectivity index (χ4n) is 3.57. The maximum Gasteiger partial charge on any atom is 0.341 e. The number of thiophene rings is 1. The van der Waals surface area contributed by atoms with E-state index in [1.165, 1.54) is 0 Å². The van der Waals surface area contributed by atoms with Crippen LogP contribution < -0.4 is 15.8 Å². The third-order valence-electron chi connectivity index (χ3n) is 5.30. The molecule has 0 radical (unpaired) electrons. The van der Waals surface area contributed by atoms with Crippen molar-refractivity contribution in [3.8, 4) is 5.75 Å². The van der Waals surface area contributed by atoms with E-state index in [1.807, 2.05) is 24.5 Å². The fourth-order valence-corrected chi connectivity index (χ4v) is 5.62. The van der Waals surface area contributed by atoms with Gasteiger partial charge in [0.2, 0.25) is 5.91 Å². The van der Waals surface area contributed by atoms with Crippen molar-refractivity contribution in [2.75, 3.05) is 17.7 Å². The number of esters is 1. The Hall–Kier alpha value is -3.35. The van der Waals surface area contributed by atoms with Crippen molar-refractivity contribution in [1.29, 1.82) is 0 Å². The number of rotatable bonds is 12. The number of primary amides is 1. The number of hydrogen-bond acceptors (Lipinski definition) is 9. The van der Waals surface area contributed by atoms with Crippen LogP contribution in [0.2, 0.25) is 5.02 Å². The normalized spacial score (nSPS) is 11.6. The van der Waals surface area contributed by atoms with Crippen LogP contribution >= 0.6 is 34.7 Å². The van der Waals surface area contributed by atoms with E-state index in [2.05, 4.69) is 22.1 Å². The Kier molecular flexibility index (Phi) is 9.95. The molecule has 3 rings (SSSR count). The van der Waals surface area contributed by atoms with Crippen LogP contribution in [-0.4, -0.2) is 44.9 Å². The van der Waals surface area contributed by atoms with Gasteiger partial charge in [-0.3, -0.25) is 14.2 Å². The zero-order valence-corrected chi connectivity index (χ0v) is 23.8. The summed E-state index contributed by atoms with van der Waals surface area (Å²) >= 11 is 8.13. The number of aromatic nitrogens is 3. The summed E-state index contributed by atoms with van der Waals surface area (Å²) in [6, 6.07) is 5.36. The molecule has 0 aliphatic carbocycles. The van der Waals surface area contributed by atoms with E-state index in [0.717, 1.165) is 28.7 Å². The number of nitrogens with two attached hydrogens (primary N) is 1. The number of allylic oxidation sites excluding steroid dienone is 1. The third kappa shape index (κ3) is 6.74. The van der Waals surface area contributed by atoms with Gasteiger partial charge in [0.25, 0.3) is 5.91 Å². The van der Waals surface area contributed by atoms with Crippen molar-refractivity contribution in [2.45, 2.75) is 45.5 Å². The fraction of sp³-hybridized carbons (Fsp3) is 0.320. The standard InChI is InChI=1S/C25H28ClN5O5S2/c1-6-10-31-22(15(5)36-17-9-8-16(26)11-13(17)3)29-30-25(31)37-12-18(32)28-23-19(24(34)35-7-2)14(4)20(38-23)21(27)33/h6,8-9,11,15H,1,7,10,12H2,2-5H3,(H2,27,33)(H,28,32). The molecule has 0 aliphatic heterocycles. The molecule has 202 valence electrons. The summed E-state index contributed by atoms with van der Waals surface area (Å²) in [5, 5.41) is 12.5. The second-order valence-corrected chi connectivity index (χ2v) is 10.5. The molecule has 0 spiro atoms. The zero-order valence-electron chi connectivity index (χ0n) is 21.4. The largest absolute Gasteiger partial charge is 0.482 e. The molecular weight excluding hydrogens is 550 g/mol. The summed E-state index contributed by atoms with van der Waals surface area (Å²) in [7, 11) is 0. The van der Waals surface area contributed by atoms with Crippen LogP contribution in [0.25, 0.3) is 0 Å². The van der Waals surface area contributed by atoms with Crippen LogP contribution in [0, 0.1) is 13.8 Å². The van der Waals surface area contributed by atoms with Crippen molar-refractivity contribution in [3.63, 3.8) is 0 Å². The lowest BCUT2D eigenvalue weighted by molar-refractivity contribution is -0.113. The number of anilines is 1. The van der Waals surface area contributed by atoms with Crippen molar-refractivity contribution >= 4 is 57.5 Å². The Morgan fingerprint density at radius 2 is 2.05 bits per heavy atom. The lowest BCUT2D eigenvalue weighted by atomic mass is 10.1. The first kappa shape index (κ1) is 29.2. The van der Waals surface area contributed by atoms with Gasteiger partial charge in [-0.1, -0.05) is 29.4 Å². The summed E-state index contributed by atoms with van der Waals surface area (Å²) < 4.78 is 13.0. The molecule has 1 aromatic carbocycles. The number of nitrogens with one attached hydrogen (secondary N) is 1. The van der Waals surface area contributed by atoms with Gasteiger partial charge in [0, 0.05) is 11.6 Å². The summed E-state index contributed by atoms with van der Waals surface area (Å²) in [4.78, 5) is 37.2. The second-order valence-electron chi connectivity index (χ2n) is 8.09. The smallest absolute Gasteiger partial charge is 0.341 e. The minimum absolute atomic E-state index is 0.0358. The molecule has 3 aromatic rings. The first-order chi connectivity index (χ1) is 18.1. The van der Waals surface area contributed by atoms with Gasteiger partial charge in [-0.25, -0.2) is 4.79 Å². The molecule has 1 atom stereocenters. The monoisotopic (exact) mass is 577 g/mol. The van der Waals surface area contributed by atoms with Gasteiger partial charge in [0.1, 0.15) is 10.8 Å². The van der Waals surface area contributed by atoms with Crippen LogP contribution in [0.3, 0.4) is 0 Å². The van der Waals surface area contributed by atoms with Crippen molar-refractivity contribution in [3.05, 3.63) is 63.3 Å². The Balaban J connectivity index is 1.75. The molecule has 2 aromatic heterocycles. The molecule has 0 saturated heterocycles. The van der Waals surface area contributed by atoms with E-state index in [0.29, 0.717) is 33.9 Å². The Morgan fingerprint density at radius 1 is 1.32 bits per heavy atom. The molecule has 3 N–H and O–H groups in total. The van der Waals surface area contributed by atoms with Crippen LogP contribution in [0.1, 0.15) is 56.9 Å². The average molecular weight is 578 g/mol. The number of thioether (sulfide) groups is 1. The van der Waals surface area contributed by atoms with Crippen molar-refractivity contribution in [1.82, 2.24) is 14.8 Å². The van der Waals surface area contributed by atoms with Crippen LogP contribution in [0.5, 0.6) is 5.75 Å². The maximum atomic E-state index is 12.8. The highest BCUT2D eigenvalue weighted by molar-refractivity contribution is 7.99. The molecule has 0 saturated carbocycles. The molecular formula is C25H28ClN5O5S2. The molecule has 13 heteroatoms. The van der Waals surface area contributed by atoms with Gasteiger partial charge in [0.15, 0.2) is 17.1 Å². The summed E-state index contributed by atoms with van der Waals surface area (Å²) in [5.74, 6) is -0.547. The molecule has 0 fully saturated rings. The predicted octanol–water partition coefficient (Wildman–Crippen LogP) is 4.94. The number of aryl methyl sites for hydroxylation is 1. The summed E-state index contributed by atoms with van der Waals surface area (Å²) in [5.41, 5.74) is 6.80. The van der Waals surface area contributed by atoms with Gasteiger partial charge < -0.3 is 20.5 Å². The Bertz CT molecular complexity index is 1370. The summed E-state index contributed by atoms with van der Waals surface area (Å²) in [6.45, 7) is 11.3. The van der Waals surface area contributed by atoms with Crippen molar-refractivity contribution < 1.29 is 23.9 Å². The lowest BCUT2D eigenvalue weighted by Gasteiger charge is -2.17. The molecule has 1 unspecified atom stereocenters. The van der Waals surface area contributed by atoms with Crippen LogP contribution in [0.4, 0.5) is 5.00 Å². The van der Waals surface area contributed by atoms with Gasteiger partial charge in [-0.2, -0.15) is 0 Å². The number of benzene rings is 1. The van der Waals surface area contributed by atoms with E-state index < -0.39 is 23.9 Å². The molecule has 0 bridgehead atoms. The van der Waals surface area contributed by atoms with Crippen molar-refractivity contribution in [2.24, 2.45) is 5.73 Å². The minimum atomic E-state index is -0.692. The van der Waals surface area contributed by atoms with E-state index in [4.69, 9.17) is 26.8 Å². The molecule has 38 heavy (non-hydrogen) atoms. The number of hydrogen-bond donors (Lipinski definition) is 2. The van der Waals surface area contributed by atoms with Gasteiger partial charge >= 0.3 is 5.97 Å². The molecule has 0 aliphatic rings. The van der Waals surface area contributed by atoms with E-state index >= 15 is 0 Å². The molecule has 2 heterocycles. The average Bonchev–Trinajstić information content (AvgIpc) is 3.40. The molecule has 10 nitrogen and oxygen atoms in total. The number of ether oxygens (including phenoxy) is 2. The van der Waals surface area contributed by atoms with E-state index in [-0.39, 0.29) is 27.8 Å². The van der Waals surface area contributed by atoms with E-state index in [1.54, 1.807) is 32.1 Å². The van der Waals surface area contributed by atoms with Gasteiger partial charge in [-0.05, 0) is 57.0 Å². The highest BCUT2D eigenvalue weighted by atomic mass is 35.5. The lowest BCUT2D eigenvalue weighted by Crippen LogP contribution is -2.17. The zero-order chi connectivity index (χ0) is 28.0. The number of nitrogens with zero attached hydrogens (tertiary/aromatic N) is 3. The second kappa shape index (κ2) is 12.9.